The molecule has 0 unspecified atom stereocenters. The fraction of sp³-hybridized carbons (Fsp3) is 0.400. The minimum absolute atomic E-state index is 0.0139. The Balaban J connectivity index is 3.58. The van der Waals surface area contributed by atoms with E-state index in [9.17, 15) is 4.79 Å². The van der Waals surface area contributed by atoms with Gasteiger partial charge in [-0.1, -0.05) is 13.5 Å². The van der Waals surface area contributed by atoms with Crippen molar-refractivity contribution in [3.8, 4) is 0 Å². The van der Waals surface area contributed by atoms with E-state index in [1.165, 1.54) is 0 Å². The zero-order valence-corrected chi connectivity index (χ0v) is 4.14. The van der Waals surface area contributed by atoms with E-state index < -0.39 is 5.97 Å². The average molecular weight is 99.1 g/mol. The molecule has 2 nitrogen and oxygen atoms in total. The summed E-state index contributed by atoms with van der Waals surface area (Å²) in [7, 11) is 0. The molecule has 0 saturated carbocycles. The molecule has 0 rings (SSSR count). The number of carboxylic acids is 1. The Morgan fingerprint density at radius 1 is 1.86 bits per heavy atom. The highest BCUT2D eigenvalue weighted by Crippen LogP contribution is 1.92. The highest BCUT2D eigenvalue weighted by molar-refractivity contribution is 5.85. The third kappa shape index (κ3) is 1.98. The first-order valence-corrected chi connectivity index (χ1v) is 2.03. The van der Waals surface area contributed by atoms with Gasteiger partial charge in [0.2, 0.25) is 0 Å². The zero-order valence-electron chi connectivity index (χ0n) is 4.14. The number of carboxylic acid groups (broad SMARTS) is 1. The molecule has 0 aliphatic carbocycles. The fourth-order valence-corrected chi connectivity index (χ4v) is 0.151. The van der Waals surface area contributed by atoms with Crippen LogP contribution < -0.4 is 0 Å². The maximum atomic E-state index is 9.77. The van der Waals surface area contributed by atoms with Crippen molar-refractivity contribution >= 4 is 5.97 Å². The summed E-state index contributed by atoms with van der Waals surface area (Å²) in [6.45, 7) is 6.63. The van der Waals surface area contributed by atoms with Crippen molar-refractivity contribution in [2.24, 2.45) is 0 Å². The summed E-state index contributed by atoms with van der Waals surface area (Å²) >= 11 is 0. The number of carbonyl (C=O) groups is 1. The first-order chi connectivity index (χ1) is 3.18. The fourth-order valence-electron chi connectivity index (χ4n) is 0.151. The summed E-state index contributed by atoms with van der Waals surface area (Å²) in [6.07, 6.45) is 0.412. The lowest BCUT2D eigenvalue weighted by Gasteiger charge is -1.87. The van der Waals surface area contributed by atoms with Crippen molar-refractivity contribution in [1.29, 1.82) is 0 Å². The van der Waals surface area contributed by atoms with E-state index in [0.29, 0.717) is 6.42 Å². The number of rotatable bonds is 2. The Bertz CT molecular complexity index is 94.3. The van der Waals surface area contributed by atoms with Crippen LogP contribution in [0.25, 0.3) is 0 Å². The standard InChI is InChI=1S/C5H7O2/c1-3-4(2)5(6)7/h2H,3H2,1H3,(H,6,7). The van der Waals surface area contributed by atoms with Crippen molar-refractivity contribution in [2.45, 2.75) is 13.3 Å². The van der Waals surface area contributed by atoms with E-state index in [2.05, 4.69) is 0 Å². The van der Waals surface area contributed by atoms with Gasteiger partial charge in [-0.05, 0) is 6.42 Å². The van der Waals surface area contributed by atoms with Crippen LogP contribution in [-0.2, 0) is 4.79 Å². The first-order valence-electron chi connectivity index (χ1n) is 2.03. The molecular formula is C5H7O2. The highest BCUT2D eigenvalue weighted by atomic mass is 16.4. The van der Waals surface area contributed by atoms with Gasteiger partial charge in [0, 0.05) is 5.57 Å². The molecule has 1 N–H and O–H groups in total. The largest absolute Gasteiger partial charge is 0.478 e. The van der Waals surface area contributed by atoms with Crippen LogP contribution in [0.1, 0.15) is 13.3 Å². The van der Waals surface area contributed by atoms with Crippen LogP contribution in [0.3, 0.4) is 0 Å². The summed E-state index contributed by atoms with van der Waals surface area (Å²) in [5, 5.41) is 8.02. The molecule has 0 spiro atoms. The second kappa shape index (κ2) is 2.39. The third-order valence-corrected chi connectivity index (χ3v) is 0.656. The topological polar surface area (TPSA) is 37.3 Å². The molecule has 0 aromatic carbocycles. The van der Waals surface area contributed by atoms with Gasteiger partial charge in [-0.2, -0.15) is 0 Å². The van der Waals surface area contributed by atoms with Gasteiger partial charge in [0.05, 0.1) is 0 Å². The molecule has 2 heteroatoms. The van der Waals surface area contributed by atoms with Gasteiger partial charge < -0.3 is 5.11 Å². The Morgan fingerprint density at radius 2 is 2.29 bits per heavy atom. The van der Waals surface area contributed by atoms with Gasteiger partial charge in [0.15, 0.2) is 0 Å². The van der Waals surface area contributed by atoms with Gasteiger partial charge in [0.1, 0.15) is 0 Å². The summed E-state index contributed by atoms with van der Waals surface area (Å²) in [5.41, 5.74) is 0.0139. The Kier molecular flexibility index (Phi) is 2.12. The predicted molar refractivity (Wildman–Crippen MR) is 25.7 cm³/mol. The minimum atomic E-state index is -1.01. The molecule has 0 aliphatic rings. The van der Waals surface area contributed by atoms with E-state index in [4.69, 9.17) is 11.7 Å². The maximum Gasteiger partial charge on any atom is 0.331 e. The molecule has 39 valence electrons. The van der Waals surface area contributed by atoms with Crippen LogP contribution in [0.4, 0.5) is 0 Å². The molecule has 0 aromatic rings. The van der Waals surface area contributed by atoms with Crippen LogP contribution in [0.15, 0.2) is 5.57 Å². The summed E-state index contributed by atoms with van der Waals surface area (Å²) in [6, 6.07) is 0. The molecule has 0 saturated heterocycles. The number of hydrogen-bond acceptors (Lipinski definition) is 1. The van der Waals surface area contributed by atoms with Crippen molar-refractivity contribution in [2.75, 3.05) is 0 Å². The summed E-state index contributed by atoms with van der Waals surface area (Å²) in [5.74, 6) is -1.01. The zero-order chi connectivity index (χ0) is 5.86. The molecule has 0 bridgehead atoms. The lowest BCUT2D eigenvalue weighted by atomic mass is 10.2. The first kappa shape index (κ1) is 6.21. The molecule has 0 atom stereocenters. The van der Waals surface area contributed by atoms with Gasteiger partial charge in [0.25, 0.3) is 0 Å². The summed E-state index contributed by atoms with van der Waals surface area (Å²) in [4.78, 5) is 9.77. The number of aliphatic carboxylic acids is 1. The summed E-state index contributed by atoms with van der Waals surface area (Å²) < 4.78 is 0. The molecule has 0 fully saturated rings. The van der Waals surface area contributed by atoms with Crippen molar-refractivity contribution in [3.05, 3.63) is 12.2 Å². The van der Waals surface area contributed by atoms with E-state index >= 15 is 0 Å². The van der Waals surface area contributed by atoms with Crippen molar-refractivity contribution in [1.82, 2.24) is 0 Å². The Labute approximate surface area is 42.5 Å². The number of hydrogen-bond donors (Lipinski definition) is 1. The monoisotopic (exact) mass is 99.0 g/mol. The van der Waals surface area contributed by atoms with E-state index in [0.717, 1.165) is 0 Å². The van der Waals surface area contributed by atoms with E-state index in [1.807, 2.05) is 0 Å². The molecule has 0 amide bonds. The lowest BCUT2D eigenvalue weighted by molar-refractivity contribution is -0.132. The second-order valence-corrected chi connectivity index (χ2v) is 1.18. The van der Waals surface area contributed by atoms with Crippen molar-refractivity contribution < 1.29 is 9.90 Å². The van der Waals surface area contributed by atoms with Crippen LogP contribution in [-0.4, -0.2) is 11.1 Å². The van der Waals surface area contributed by atoms with Crippen molar-refractivity contribution in [3.63, 3.8) is 0 Å². The van der Waals surface area contributed by atoms with Crippen LogP contribution >= 0.6 is 0 Å². The Morgan fingerprint density at radius 3 is 2.29 bits per heavy atom. The van der Waals surface area contributed by atoms with Crippen LogP contribution in [0.5, 0.6) is 0 Å². The van der Waals surface area contributed by atoms with E-state index in [1.54, 1.807) is 6.92 Å². The SMILES string of the molecule is [CH]=C(CC)C(=O)O. The smallest absolute Gasteiger partial charge is 0.331 e. The van der Waals surface area contributed by atoms with E-state index in [-0.39, 0.29) is 5.57 Å². The third-order valence-electron chi connectivity index (χ3n) is 0.656. The van der Waals surface area contributed by atoms with Gasteiger partial charge in [-0.25, -0.2) is 4.79 Å². The molecular weight excluding hydrogens is 92.1 g/mol. The molecule has 0 aromatic heterocycles. The molecule has 0 heterocycles. The minimum Gasteiger partial charge on any atom is -0.478 e. The maximum absolute atomic E-state index is 9.77. The quantitative estimate of drug-likeness (QED) is 0.521. The van der Waals surface area contributed by atoms with Crippen LogP contribution in [0, 0.1) is 6.58 Å². The predicted octanol–water partition coefficient (Wildman–Crippen LogP) is 0.840. The lowest BCUT2D eigenvalue weighted by Crippen LogP contribution is -1.95. The average Bonchev–Trinajstić information content (AvgIpc) is 1.65. The van der Waals surface area contributed by atoms with Crippen LogP contribution in [0.2, 0.25) is 0 Å². The second-order valence-electron chi connectivity index (χ2n) is 1.18. The molecule has 0 aliphatic heterocycles. The Hall–Kier alpha value is -0.790. The van der Waals surface area contributed by atoms with Gasteiger partial charge >= 0.3 is 5.97 Å². The molecule has 7 heavy (non-hydrogen) atoms. The van der Waals surface area contributed by atoms with Gasteiger partial charge in [-0.3, -0.25) is 0 Å². The molecule has 1 radical (unpaired) electrons. The normalized spacial score (nSPS) is 8.14. The van der Waals surface area contributed by atoms with Gasteiger partial charge in [-0.15, -0.1) is 0 Å². The highest BCUT2D eigenvalue weighted by Gasteiger charge is 1.96.